The highest BCUT2D eigenvalue weighted by Crippen LogP contribution is 2.46. The molecule has 3 heteroatoms. The van der Waals surface area contributed by atoms with E-state index < -0.39 is 9.04 Å². The first kappa shape index (κ1) is 17.1. The molecule has 0 radical (unpaired) electrons. The molecule has 24 heavy (non-hydrogen) atoms. The highest BCUT2D eigenvalue weighted by Gasteiger charge is 2.48. The van der Waals surface area contributed by atoms with Crippen LogP contribution in [0.4, 0.5) is 0 Å². The molecule has 1 aliphatic rings. The molecule has 0 aliphatic heterocycles. The van der Waals surface area contributed by atoms with Gasteiger partial charge < -0.3 is 9.22 Å². The van der Waals surface area contributed by atoms with Gasteiger partial charge in [0.05, 0.1) is 6.10 Å². The Morgan fingerprint density at radius 3 is 1.88 bits per heavy atom. The molecular weight excluding hydrogens is 312 g/mol. The molecule has 2 nitrogen and oxygen atoms in total. The van der Waals surface area contributed by atoms with Gasteiger partial charge in [0.2, 0.25) is 9.04 Å². The molecule has 2 aromatic carbocycles. The third kappa shape index (κ3) is 3.85. The summed E-state index contributed by atoms with van der Waals surface area (Å²) in [5.74, 6) is 0.542. The van der Waals surface area contributed by atoms with Gasteiger partial charge in [-0.05, 0) is 28.1 Å². The van der Waals surface area contributed by atoms with Crippen LogP contribution in [-0.2, 0) is 9.22 Å². The molecule has 2 aromatic rings. The fourth-order valence-corrected chi connectivity index (χ4v) is 6.19. The Labute approximate surface area is 146 Å². The first-order valence-corrected chi connectivity index (χ1v) is 10.3. The number of carbonyl (C=O) groups excluding carboxylic acids is 1. The van der Waals surface area contributed by atoms with E-state index in [1.54, 1.807) is 0 Å². The zero-order valence-corrected chi connectivity index (χ0v) is 15.8. The van der Waals surface area contributed by atoms with Crippen molar-refractivity contribution in [2.45, 2.75) is 33.3 Å². The minimum atomic E-state index is -1.78. The maximum Gasteiger partial charge on any atom is 0.240 e. The Morgan fingerprint density at radius 1 is 1.00 bits per heavy atom. The lowest BCUT2D eigenvalue weighted by Gasteiger charge is -2.35. The van der Waals surface area contributed by atoms with E-state index in [2.05, 4.69) is 69.3 Å². The second kappa shape index (κ2) is 7.04. The molecule has 3 rings (SSSR count). The summed E-state index contributed by atoms with van der Waals surface area (Å²) in [6, 6.07) is 21.1. The van der Waals surface area contributed by atoms with E-state index in [1.165, 1.54) is 10.4 Å². The number of rotatable bonds is 6. The van der Waals surface area contributed by atoms with E-state index >= 15 is 0 Å². The van der Waals surface area contributed by atoms with E-state index in [0.29, 0.717) is 5.92 Å². The van der Waals surface area contributed by atoms with Crippen molar-refractivity contribution in [2.75, 3.05) is 0 Å². The van der Waals surface area contributed by atoms with Crippen molar-refractivity contribution in [1.29, 1.82) is 0 Å². The average molecular weight is 339 g/mol. The van der Waals surface area contributed by atoms with Crippen LogP contribution in [0.5, 0.6) is 0 Å². The van der Waals surface area contributed by atoms with Crippen LogP contribution in [-0.4, -0.2) is 21.4 Å². The highest BCUT2D eigenvalue weighted by molar-refractivity contribution is 6.80. The first-order chi connectivity index (χ1) is 11.5. The Balaban J connectivity index is 1.92. The Bertz CT molecular complexity index is 624. The molecule has 3 atom stereocenters. The fourth-order valence-electron chi connectivity index (χ4n) is 3.44. The fraction of sp³-hybridized carbons (Fsp3) is 0.381. The summed E-state index contributed by atoms with van der Waals surface area (Å²) in [7, 11) is -1.78. The molecular formula is C21H26O2Si. The molecule has 0 spiro atoms. The summed E-state index contributed by atoms with van der Waals surface area (Å²) in [6.07, 6.45) is 2.19. The molecule has 126 valence electrons. The Morgan fingerprint density at radius 2 is 1.50 bits per heavy atom. The molecule has 1 saturated carbocycles. The van der Waals surface area contributed by atoms with Crippen molar-refractivity contribution >= 4 is 25.7 Å². The van der Waals surface area contributed by atoms with Gasteiger partial charge in [0.1, 0.15) is 6.29 Å². The number of aldehydes is 1. The van der Waals surface area contributed by atoms with Gasteiger partial charge >= 0.3 is 0 Å². The van der Waals surface area contributed by atoms with Crippen LogP contribution >= 0.6 is 0 Å². The zero-order valence-electron chi connectivity index (χ0n) is 14.7. The predicted molar refractivity (Wildman–Crippen MR) is 101 cm³/mol. The molecule has 1 aliphatic carbocycles. The number of carbonyl (C=O) groups is 1. The summed E-state index contributed by atoms with van der Waals surface area (Å²) >= 11 is 0. The van der Waals surface area contributed by atoms with Gasteiger partial charge in [-0.3, -0.25) is 0 Å². The summed E-state index contributed by atoms with van der Waals surface area (Å²) in [5.41, 5.74) is 0.0250. The SMILES string of the molecule is CC(C)(C)C(O[SiH](c1ccccc1)c1ccccc1)[C@@H]1C[C@H]1C=O. The molecule has 0 heterocycles. The highest BCUT2D eigenvalue weighted by atomic mass is 28.3. The van der Waals surface area contributed by atoms with Crippen molar-refractivity contribution in [1.82, 2.24) is 0 Å². The number of benzene rings is 2. The molecule has 0 bridgehead atoms. The molecule has 0 amide bonds. The van der Waals surface area contributed by atoms with E-state index in [9.17, 15) is 4.79 Å². The molecule has 1 fully saturated rings. The lowest BCUT2D eigenvalue weighted by atomic mass is 9.86. The van der Waals surface area contributed by atoms with E-state index in [0.717, 1.165) is 12.7 Å². The van der Waals surface area contributed by atoms with Crippen LogP contribution in [0.25, 0.3) is 0 Å². The largest absolute Gasteiger partial charge is 0.407 e. The topological polar surface area (TPSA) is 26.3 Å². The standard InChI is InChI=1S/C21H26O2Si/c1-21(2,3)20(19-14-16(19)15-22)23-24(17-10-6-4-7-11-17)18-12-8-5-9-13-18/h4-13,15-16,19-20,24H,14H2,1-3H3/t16-,19+,20?/m0/s1. The third-order valence-electron chi connectivity index (χ3n) is 4.80. The smallest absolute Gasteiger partial charge is 0.240 e. The molecule has 0 saturated heterocycles. The molecule has 1 unspecified atom stereocenters. The average Bonchev–Trinajstić information content (AvgIpc) is 3.35. The second-order valence-corrected chi connectivity index (χ2v) is 10.2. The van der Waals surface area contributed by atoms with Crippen LogP contribution in [0.1, 0.15) is 27.2 Å². The molecule has 0 aromatic heterocycles. The maximum atomic E-state index is 11.2. The summed E-state index contributed by atoms with van der Waals surface area (Å²) in [4.78, 5) is 11.2. The lowest BCUT2D eigenvalue weighted by molar-refractivity contribution is -0.109. The number of hydrogen-bond donors (Lipinski definition) is 0. The van der Waals surface area contributed by atoms with Crippen LogP contribution in [0.15, 0.2) is 60.7 Å². The van der Waals surface area contributed by atoms with Gasteiger partial charge in [0.25, 0.3) is 0 Å². The zero-order chi connectivity index (χ0) is 17.2. The Kier molecular flexibility index (Phi) is 5.02. The minimum Gasteiger partial charge on any atom is -0.407 e. The van der Waals surface area contributed by atoms with Crippen molar-refractivity contribution in [3.8, 4) is 0 Å². The summed E-state index contributed by atoms with van der Waals surface area (Å²) in [5, 5.41) is 2.59. The maximum absolute atomic E-state index is 11.2. The second-order valence-electron chi connectivity index (χ2n) is 7.82. The van der Waals surface area contributed by atoms with E-state index in [-0.39, 0.29) is 17.4 Å². The van der Waals surface area contributed by atoms with Gasteiger partial charge in [0.15, 0.2) is 0 Å². The van der Waals surface area contributed by atoms with E-state index in [1.807, 2.05) is 12.1 Å². The van der Waals surface area contributed by atoms with Crippen LogP contribution in [0.3, 0.4) is 0 Å². The third-order valence-corrected chi connectivity index (χ3v) is 7.34. The van der Waals surface area contributed by atoms with Crippen LogP contribution in [0, 0.1) is 17.3 Å². The molecule has 0 N–H and O–H groups in total. The van der Waals surface area contributed by atoms with Gasteiger partial charge in [-0.2, -0.15) is 0 Å². The Hall–Kier alpha value is -1.71. The number of hydrogen-bond acceptors (Lipinski definition) is 2. The van der Waals surface area contributed by atoms with Gasteiger partial charge in [-0.15, -0.1) is 0 Å². The van der Waals surface area contributed by atoms with Crippen molar-refractivity contribution in [3.05, 3.63) is 60.7 Å². The van der Waals surface area contributed by atoms with Crippen molar-refractivity contribution < 1.29 is 9.22 Å². The van der Waals surface area contributed by atoms with Gasteiger partial charge in [0, 0.05) is 5.92 Å². The summed E-state index contributed by atoms with van der Waals surface area (Å²) < 4.78 is 6.82. The first-order valence-electron chi connectivity index (χ1n) is 8.71. The monoisotopic (exact) mass is 338 g/mol. The van der Waals surface area contributed by atoms with Crippen LogP contribution < -0.4 is 10.4 Å². The predicted octanol–water partition coefficient (Wildman–Crippen LogP) is 2.79. The lowest BCUT2D eigenvalue weighted by Crippen LogP contribution is -2.50. The summed E-state index contributed by atoms with van der Waals surface area (Å²) in [6.45, 7) is 6.66. The quantitative estimate of drug-likeness (QED) is 0.598. The normalized spacial score (nSPS) is 21.5. The van der Waals surface area contributed by atoms with Crippen LogP contribution in [0.2, 0.25) is 0 Å². The van der Waals surface area contributed by atoms with Crippen molar-refractivity contribution in [2.24, 2.45) is 17.3 Å². The van der Waals surface area contributed by atoms with E-state index in [4.69, 9.17) is 4.43 Å². The van der Waals surface area contributed by atoms with Crippen molar-refractivity contribution in [3.63, 3.8) is 0 Å². The van der Waals surface area contributed by atoms with Gasteiger partial charge in [-0.1, -0.05) is 81.4 Å². The minimum absolute atomic E-state index is 0.0250. The van der Waals surface area contributed by atoms with Gasteiger partial charge in [-0.25, -0.2) is 0 Å².